The molecule has 1 fully saturated rings. The van der Waals surface area contributed by atoms with Crippen molar-refractivity contribution in [2.75, 3.05) is 6.61 Å². The molecule has 24 heavy (non-hydrogen) atoms. The molecule has 140 valence electrons. The third-order valence-corrected chi connectivity index (χ3v) is 4.72. The fraction of sp³-hybridized carbons (Fsp3) is 0.857. The van der Waals surface area contributed by atoms with Gasteiger partial charge in [0.05, 0.1) is 18.8 Å². The quantitative estimate of drug-likeness (QED) is 0.338. The van der Waals surface area contributed by atoms with Crippen molar-refractivity contribution in [3.8, 4) is 0 Å². The van der Waals surface area contributed by atoms with Gasteiger partial charge < -0.3 is 9.47 Å². The molecule has 1 aliphatic rings. The van der Waals surface area contributed by atoms with E-state index in [0.29, 0.717) is 18.1 Å². The first-order valence-electron chi connectivity index (χ1n) is 9.04. The molecule has 0 spiro atoms. The van der Waals surface area contributed by atoms with Gasteiger partial charge in [0.15, 0.2) is 0 Å². The summed E-state index contributed by atoms with van der Waals surface area (Å²) >= 11 is 0. The van der Waals surface area contributed by atoms with Crippen molar-refractivity contribution in [2.24, 2.45) is 21.7 Å². The lowest BCUT2D eigenvalue weighted by Gasteiger charge is -2.36. The second kappa shape index (κ2) is 6.82. The van der Waals surface area contributed by atoms with Gasteiger partial charge in [0.25, 0.3) is 0 Å². The van der Waals surface area contributed by atoms with Gasteiger partial charge in [0, 0.05) is 6.08 Å². The van der Waals surface area contributed by atoms with Crippen molar-refractivity contribution < 1.29 is 14.3 Å². The second-order valence-electron chi connectivity index (χ2n) is 10.8. The van der Waals surface area contributed by atoms with E-state index in [1.807, 2.05) is 0 Å². The highest BCUT2D eigenvalue weighted by Crippen LogP contribution is 2.53. The number of epoxide rings is 1. The maximum atomic E-state index is 11.3. The number of ether oxygens (including phenoxy) is 2. The van der Waals surface area contributed by atoms with Crippen LogP contribution in [0.15, 0.2) is 12.7 Å². The molecule has 0 N–H and O–H groups in total. The SMILES string of the molecule is C=CC(=O)OCC(C)(C)CC(C)(C)C1OC1C(C)(C)CC(C)(C)C. The number of carbonyl (C=O) groups excluding carboxylic acids is 1. The second-order valence-corrected chi connectivity index (χ2v) is 10.8. The zero-order valence-electron chi connectivity index (χ0n) is 17.3. The molecule has 0 aromatic rings. The minimum absolute atomic E-state index is 0.0455. The molecule has 0 radical (unpaired) electrons. The number of hydrogen-bond acceptors (Lipinski definition) is 3. The van der Waals surface area contributed by atoms with E-state index in [0.717, 1.165) is 12.8 Å². The van der Waals surface area contributed by atoms with Crippen LogP contribution in [-0.2, 0) is 14.3 Å². The Balaban J connectivity index is 2.67. The number of hydrogen-bond donors (Lipinski definition) is 0. The highest BCUT2D eigenvalue weighted by molar-refractivity contribution is 5.81. The van der Waals surface area contributed by atoms with E-state index >= 15 is 0 Å². The van der Waals surface area contributed by atoms with E-state index in [1.165, 1.54) is 6.08 Å². The van der Waals surface area contributed by atoms with E-state index < -0.39 is 0 Å². The molecule has 1 aliphatic heterocycles. The lowest BCUT2D eigenvalue weighted by Crippen LogP contribution is -2.35. The third-order valence-electron chi connectivity index (χ3n) is 4.72. The Bertz CT molecular complexity index is 466. The Hall–Kier alpha value is -0.830. The molecule has 3 heteroatoms. The molecule has 0 bridgehead atoms. The van der Waals surface area contributed by atoms with Gasteiger partial charge in [-0.2, -0.15) is 0 Å². The number of rotatable bonds is 8. The van der Waals surface area contributed by atoms with Gasteiger partial charge in [-0.05, 0) is 34.5 Å². The Kier molecular flexibility index (Phi) is 6.03. The van der Waals surface area contributed by atoms with Crippen LogP contribution >= 0.6 is 0 Å². The van der Waals surface area contributed by atoms with Crippen LogP contribution < -0.4 is 0 Å². The minimum Gasteiger partial charge on any atom is -0.462 e. The molecule has 1 rings (SSSR count). The molecule has 2 unspecified atom stereocenters. The van der Waals surface area contributed by atoms with Crippen LogP contribution in [0.1, 0.15) is 75.2 Å². The van der Waals surface area contributed by atoms with Gasteiger partial charge in [0.2, 0.25) is 0 Å². The predicted octanol–water partition coefficient (Wildman–Crippen LogP) is 5.39. The van der Waals surface area contributed by atoms with Crippen LogP contribution in [0, 0.1) is 21.7 Å². The van der Waals surface area contributed by atoms with Crippen LogP contribution in [0.2, 0.25) is 0 Å². The van der Waals surface area contributed by atoms with E-state index in [1.54, 1.807) is 0 Å². The van der Waals surface area contributed by atoms with Crippen LogP contribution in [0.25, 0.3) is 0 Å². The molecule has 0 aromatic carbocycles. The first-order chi connectivity index (χ1) is 10.6. The fourth-order valence-corrected chi connectivity index (χ4v) is 4.48. The maximum Gasteiger partial charge on any atom is 0.330 e. The summed E-state index contributed by atoms with van der Waals surface area (Å²) in [5.41, 5.74) is 0.415. The van der Waals surface area contributed by atoms with Gasteiger partial charge >= 0.3 is 5.97 Å². The van der Waals surface area contributed by atoms with Crippen LogP contribution in [0.3, 0.4) is 0 Å². The average Bonchev–Trinajstić information content (AvgIpc) is 3.13. The van der Waals surface area contributed by atoms with E-state index in [9.17, 15) is 4.79 Å². The standard InChI is InChI=1S/C21H38O3/c1-11-15(22)23-14-19(5,6)13-21(9,10)17-16(24-17)20(7,8)12-18(2,3)4/h11,16-17H,1,12-14H2,2-10H3. The maximum absolute atomic E-state index is 11.3. The molecular weight excluding hydrogens is 300 g/mol. The molecule has 1 heterocycles. The molecule has 2 atom stereocenters. The lowest BCUT2D eigenvalue weighted by molar-refractivity contribution is -0.141. The molecule has 3 nitrogen and oxygen atoms in total. The van der Waals surface area contributed by atoms with Crippen LogP contribution in [0.5, 0.6) is 0 Å². The van der Waals surface area contributed by atoms with Crippen molar-refractivity contribution in [3.63, 3.8) is 0 Å². The Morgan fingerprint density at radius 3 is 1.83 bits per heavy atom. The summed E-state index contributed by atoms with van der Waals surface area (Å²) in [6.45, 7) is 24.2. The molecule has 0 aliphatic carbocycles. The van der Waals surface area contributed by atoms with Crippen LogP contribution in [-0.4, -0.2) is 24.8 Å². The van der Waals surface area contributed by atoms with E-state index in [4.69, 9.17) is 9.47 Å². The summed E-state index contributed by atoms with van der Waals surface area (Å²) in [4.78, 5) is 11.3. The largest absolute Gasteiger partial charge is 0.462 e. The van der Waals surface area contributed by atoms with Crippen molar-refractivity contribution in [2.45, 2.75) is 87.4 Å². The van der Waals surface area contributed by atoms with Crippen molar-refractivity contribution in [3.05, 3.63) is 12.7 Å². The molecule has 1 saturated heterocycles. The number of esters is 1. The summed E-state index contributed by atoms with van der Waals surface area (Å²) < 4.78 is 11.4. The van der Waals surface area contributed by atoms with Gasteiger partial charge in [-0.15, -0.1) is 0 Å². The Morgan fingerprint density at radius 1 is 0.958 bits per heavy atom. The van der Waals surface area contributed by atoms with Gasteiger partial charge in [0.1, 0.15) is 0 Å². The van der Waals surface area contributed by atoms with Gasteiger partial charge in [-0.25, -0.2) is 4.79 Å². The summed E-state index contributed by atoms with van der Waals surface area (Å²) in [6.07, 6.45) is 3.87. The summed E-state index contributed by atoms with van der Waals surface area (Å²) in [5.74, 6) is -0.354. The van der Waals surface area contributed by atoms with Crippen LogP contribution in [0.4, 0.5) is 0 Å². The van der Waals surface area contributed by atoms with E-state index in [-0.39, 0.29) is 28.3 Å². The average molecular weight is 339 g/mol. The normalized spacial score (nSPS) is 22.2. The third kappa shape index (κ3) is 6.23. The Labute approximate surface area is 149 Å². The topological polar surface area (TPSA) is 38.8 Å². The predicted molar refractivity (Wildman–Crippen MR) is 99.8 cm³/mol. The first kappa shape index (κ1) is 21.2. The molecule has 0 aromatic heterocycles. The minimum atomic E-state index is -0.354. The Morgan fingerprint density at radius 2 is 1.42 bits per heavy atom. The van der Waals surface area contributed by atoms with Crippen molar-refractivity contribution in [1.82, 2.24) is 0 Å². The zero-order valence-corrected chi connectivity index (χ0v) is 17.3. The fourth-order valence-electron chi connectivity index (χ4n) is 4.48. The highest BCUT2D eigenvalue weighted by Gasteiger charge is 2.57. The summed E-state index contributed by atoms with van der Waals surface area (Å²) in [7, 11) is 0. The zero-order chi connectivity index (χ0) is 19.0. The molecular formula is C21H38O3. The monoisotopic (exact) mass is 338 g/mol. The summed E-state index contributed by atoms with van der Waals surface area (Å²) in [5, 5.41) is 0. The van der Waals surface area contributed by atoms with Gasteiger partial charge in [-0.1, -0.05) is 68.9 Å². The first-order valence-corrected chi connectivity index (χ1v) is 9.04. The van der Waals surface area contributed by atoms with E-state index in [2.05, 4.69) is 68.9 Å². The molecule has 0 saturated carbocycles. The van der Waals surface area contributed by atoms with Crippen molar-refractivity contribution >= 4 is 5.97 Å². The summed E-state index contributed by atoms with van der Waals surface area (Å²) in [6, 6.07) is 0. The number of carbonyl (C=O) groups is 1. The smallest absolute Gasteiger partial charge is 0.330 e. The highest BCUT2D eigenvalue weighted by atomic mass is 16.6. The van der Waals surface area contributed by atoms with Crippen molar-refractivity contribution in [1.29, 1.82) is 0 Å². The lowest BCUT2D eigenvalue weighted by atomic mass is 9.68. The van der Waals surface area contributed by atoms with Gasteiger partial charge in [-0.3, -0.25) is 0 Å². The molecule has 0 amide bonds.